The van der Waals surface area contributed by atoms with E-state index < -0.39 is 0 Å². The van der Waals surface area contributed by atoms with Crippen molar-refractivity contribution in [1.29, 1.82) is 0 Å². The molecular formula is C23H24ClN3O. The maximum atomic E-state index is 10.8. The molecule has 1 aliphatic rings. The second kappa shape index (κ2) is 8.21. The number of pyridine rings is 1. The van der Waals surface area contributed by atoms with E-state index in [0.29, 0.717) is 23.9 Å². The van der Waals surface area contributed by atoms with Gasteiger partial charge in [-0.15, -0.1) is 6.58 Å². The van der Waals surface area contributed by atoms with Gasteiger partial charge in [0.2, 0.25) is 0 Å². The fraction of sp³-hybridized carbons (Fsp3) is 0.261. The first kappa shape index (κ1) is 18.8. The Morgan fingerprint density at radius 1 is 1.11 bits per heavy atom. The predicted octanol–water partition coefficient (Wildman–Crippen LogP) is 5.49. The standard InChI is InChI=1S/C23H24ClN3O/c1-2-10-25-14-15-12-22(17-5-3-4-6-18(17)23(15)28)27-20-9-11-26-21-13-16(24)7-8-19(20)21/h2,7-9,11-13,25,28H,1,3-6,10,14H2,(H,26,27). The number of nitrogens with one attached hydrogen (secondary N) is 2. The van der Waals surface area contributed by atoms with Crippen molar-refractivity contribution in [2.75, 3.05) is 11.9 Å². The second-order valence-electron chi connectivity index (χ2n) is 7.16. The first-order valence-electron chi connectivity index (χ1n) is 9.67. The quantitative estimate of drug-likeness (QED) is 0.294. The normalized spacial score (nSPS) is 13.3. The molecule has 3 N–H and O–H groups in total. The highest BCUT2D eigenvalue weighted by Gasteiger charge is 2.20. The highest BCUT2D eigenvalue weighted by molar-refractivity contribution is 6.31. The van der Waals surface area contributed by atoms with Crippen LogP contribution in [0.15, 0.2) is 49.2 Å². The summed E-state index contributed by atoms with van der Waals surface area (Å²) in [5.74, 6) is 0.434. The van der Waals surface area contributed by atoms with Crippen LogP contribution in [0, 0.1) is 0 Å². The third-order valence-corrected chi connectivity index (χ3v) is 5.51. The molecule has 1 aromatic heterocycles. The number of aromatic hydroxyl groups is 1. The molecule has 0 saturated carbocycles. The van der Waals surface area contributed by atoms with Crippen LogP contribution in [-0.2, 0) is 19.4 Å². The summed E-state index contributed by atoms with van der Waals surface area (Å²) in [6, 6.07) is 9.80. The molecule has 0 bridgehead atoms. The molecule has 0 fully saturated rings. The van der Waals surface area contributed by atoms with E-state index in [0.717, 1.165) is 59.1 Å². The zero-order valence-corrected chi connectivity index (χ0v) is 16.5. The van der Waals surface area contributed by atoms with Crippen LogP contribution in [0.2, 0.25) is 5.02 Å². The smallest absolute Gasteiger partial charge is 0.123 e. The van der Waals surface area contributed by atoms with Gasteiger partial charge < -0.3 is 15.7 Å². The number of phenolic OH excluding ortho intramolecular Hbond substituents is 1. The Morgan fingerprint density at radius 3 is 2.75 bits per heavy atom. The molecule has 0 unspecified atom stereocenters. The van der Waals surface area contributed by atoms with Gasteiger partial charge in [-0.1, -0.05) is 17.7 Å². The van der Waals surface area contributed by atoms with Gasteiger partial charge in [0.25, 0.3) is 0 Å². The lowest BCUT2D eigenvalue weighted by Crippen LogP contribution is -2.15. The summed E-state index contributed by atoms with van der Waals surface area (Å²) in [7, 11) is 0. The Bertz CT molecular complexity index is 1030. The van der Waals surface area contributed by atoms with Gasteiger partial charge in [-0.3, -0.25) is 4.98 Å². The largest absolute Gasteiger partial charge is 0.507 e. The average molecular weight is 394 g/mol. The number of nitrogens with zero attached hydrogens (tertiary/aromatic N) is 1. The van der Waals surface area contributed by atoms with Gasteiger partial charge in [-0.25, -0.2) is 0 Å². The molecule has 144 valence electrons. The summed E-state index contributed by atoms with van der Waals surface area (Å²) < 4.78 is 0. The predicted molar refractivity (Wildman–Crippen MR) is 117 cm³/mol. The van der Waals surface area contributed by atoms with Crippen molar-refractivity contribution in [2.24, 2.45) is 0 Å². The highest BCUT2D eigenvalue weighted by Crippen LogP contribution is 2.39. The van der Waals surface area contributed by atoms with E-state index in [4.69, 9.17) is 11.6 Å². The lowest BCUT2D eigenvalue weighted by Gasteiger charge is -2.24. The van der Waals surface area contributed by atoms with Gasteiger partial charge >= 0.3 is 0 Å². The van der Waals surface area contributed by atoms with Crippen molar-refractivity contribution in [1.82, 2.24) is 10.3 Å². The van der Waals surface area contributed by atoms with Gasteiger partial charge in [0.05, 0.1) is 5.52 Å². The van der Waals surface area contributed by atoms with E-state index in [-0.39, 0.29) is 0 Å². The lowest BCUT2D eigenvalue weighted by molar-refractivity contribution is 0.452. The number of fused-ring (bicyclic) bond motifs is 2. The minimum absolute atomic E-state index is 0.434. The molecule has 2 aromatic carbocycles. The number of halogens is 1. The molecule has 0 radical (unpaired) electrons. The van der Waals surface area contributed by atoms with Crippen molar-refractivity contribution in [3.63, 3.8) is 0 Å². The van der Waals surface area contributed by atoms with Crippen molar-refractivity contribution in [3.05, 3.63) is 70.9 Å². The van der Waals surface area contributed by atoms with Crippen LogP contribution in [0.1, 0.15) is 29.5 Å². The summed E-state index contributed by atoms with van der Waals surface area (Å²) >= 11 is 6.12. The van der Waals surface area contributed by atoms with Crippen LogP contribution in [0.25, 0.3) is 10.9 Å². The zero-order chi connectivity index (χ0) is 19.5. The number of aromatic nitrogens is 1. The molecule has 0 aliphatic heterocycles. The summed E-state index contributed by atoms with van der Waals surface area (Å²) in [5.41, 5.74) is 6.11. The molecule has 1 heterocycles. The number of hydrogen-bond donors (Lipinski definition) is 3. The summed E-state index contributed by atoms with van der Waals surface area (Å²) in [6.45, 7) is 5.05. The van der Waals surface area contributed by atoms with Crippen LogP contribution < -0.4 is 10.6 Å². The number of benzene rings is 2. The van der Waals surface area contributed by atoms with Crippen LogP contribution >= 0.6 is 11.6 Å². The monoisotopic (exact) mass is 393 g/mol. The first-order valence-corrected chi connectivity index (χ1v) is 10.0. The fourth-order valence-corrected chi connectivity index (χ4v) is 4.08. The Balaban J connectivity index is 1.76. The van der Waals surface area contributed by atoms with Crippen molar-refractivity contribution in [3.8, 4) is 5.75 Å². The minimum atomic E-state index is 0.434. The molecular weight excluding hydrogens is 370 g/mol. The molecule has 0 spiro atoms. The average Bonchev–Trinajstić information content (AvgIpc) is 2.71. The SMILES string of the molecule is C=CCNCc1cc(Nc2ccnc3cc(Cl)ccc23)c2c(c1O)CCCC2. The zero-order valence-electron chi connectivity index (χ0n) is 15.8. The number of phenols is 1. The maximum Gasteiger partial charge on any atom is 0.123 e. The molecule has 3 aromatic rings. The number of anilines is 2. The molecule has 0 saturated heterocycles. The minimum Gasteiger partial charge on any atom is -0.507 e. The molecule has 0 atom stereocenters. The van der Waals surface area contributed by atoms with Gasteiger partial charge in [0.1, 0.15) is 5.75 Å². The van der Waals surface area contributed by atoms with Gasteiger partial charge in [-0.05, 0) is 67.1 Å². The molecule has 28 heavy (non-hydrogen) atoms. The van der Waals surface area contributed by atoms with E-state index >= 15 is 0 Å². The van der Waals surface area contributed by atoms with Crippen LogP contribution in [0.5, 0.6) is 5.75 Å². The number of rotatable bonds is 6. The van der Waals surface area contributed by atoms with Crippen molar-refractivity contribution >= 4 is 33.9 Å². The molecule has 4 rings (SSSR count). The molecule has 0 amide bonds. The lowest BCUT2D eigenvalue weighted by atomic mass is 9.87. The van der Waals surface area contributed by atoms with Gasteiger partial charge in [0.15, 0.2) is 0 Å². The van der Waals surface area contributed by atoms with E-state index in [2.05, 4.69) is 28.3 Å². The summed E-state index contributed by atoms with van der Waals surface area (Å²) in [6.07, 6.45) is 7.75. The highest BCUT2D eigenvalue weighted by atomic mass is 35.5. The van der Waals surface area contributed by atoms with E-state index in [1.54, 1.807) is 6.20 Å². The second-order valence-corrected chi connectivity index (χ2v) is 7.60. The fourth-order valence-electron chi connectivity index (χ4n) is 3.92. The van der Waals surface area contributed by atoms with Gasteiger partial charge in [-0.2, -0.15) is 0 Å². The van der Waals surface area contributed by atoms with E-state index in [1.807, 2.05) is 30.3 Å². The maximum absolute atomic E-state index is 10.8. The van der Waals surface area contributed by atoms with E-state index in [9.17, 15) is 5.11 Å². The summed E-state index contributed by atoms with van der Waals surface area (Å²) in [5, 5.41) is 19.4. The number of hydrogen-bond acceptors (Lipinski definition) is 4. The third-order valence-electron chi connectivity index (χ3n) is 5.28. The Kier molecular flexibility index (Phi) is 5.51. The Morgan fingerprint density at radius 2 is 1.93 bits per heavy atom. The first-order chi connectivity index (χ1) is 13.7. The van der Waals surface area contributed by atoms with Crippen LogP contribution in [-0.4, -0.2) is 16.6 Å². The van der Waals surface area contributed by atoms with Gasteiger partial charge in [0, 0.05) is 46.6 Å². The molecule has 1 aliphatic carbocycles. The summed E-state index contributed by atoms with van der Waals surface area (Å²) in [4.78, 5) is 4.43. The third kappa shape index (κ3) is 3.71. The Labute approximate surface area is 170 Å². The molecule has 4 nitrogen and oxygen atoms in total. The van der Waals surface area contributed by atoms with E-state index in [1.165, 1.54) is 5.56 Å². The van der Waals surface area contributed by atoms with Crippen molar-refractivity contribution in [2.45, 2.75) is 32.2 Å². The van der Waals surface area contributed by atoms with Crippen molar-refractivity contribution < 1.29 is 5.11 Å². The molecule has 5 heteroatoms. The van der Waals surface area contributed by atoms with Crippen LogP contribution in [0.4, 0.5) is 11.4 Å². The topological polar surface area (TPSA) is 57.2 Å². The Hall–Kier alpha value is -2.56. The van der Waals surface area contributed by atoms with Crippen LogP contribution in [0.3, 0.4) is 0 Å².